The second-order valence-corrected chi connectivity index (χ2v) is 4.18. The Morgan fingerprint density at radius 2 is 2.18 bits per heavy atom. The molecule has 0 spiro atoms. The molecule has 2 rings (SSSR count). The van der Waals surface area contributed by atoms with Gasteiger partial charge in [-0.15, -0.1) is 0 Å². The first-order valence-corrected chi connectivity index (χ1v) is 6.02. The van der Waals surface area contributed by atoms with Gasteiger partial charge in [0.2, 0.25) is 0 Å². The van der Waals surface area contributed by atoms with Crippen LogP contribution in [0.5, 0.6) is 0 Å². The molecule has 0 radical (unpaired) electrons. The molecule has 0 bridgehead atoms. The van der Waals surface area contributed by atoms with E-state index in [4.69, 9.17) is 10.2 Å². The van der Waals surface area contributed by atoms with Gasteiger partial charge in [-0.25, -0.2) is 0 Å². The molecule has 0 fully saturated rings. The number of aromatic nitrogens is 1. The van der Waals surface area contributed by atoms with Crippen molar-refractivity contribution in [3.8, 4) is 0 Å². The van der Waals surface area contributed by atoms with Gasteiger partial charge in [-0.2, -0.15) is 0 Å². The minimum Gasteiger partial charge on any atom is -0.469 e. The molecule has 0 aromatic carbocycles. The van der Waals surface area contributed by atoms with Crippen LogP contribution in [0.2, 0.25) is 0 Å². The highest BCUT2D eigenvalue weighted by atomic mass is 16.3. The Morgan fingerprint density at radius 3 is 2.82 bits per heavy atom. The summed E-state index contributed by atoms with van der Waals surface area (Å²) in [5, 5.41) is 0. The average Bonchev–Trinajstić information content (AvgIpc) is 2.88. The molecule has 3 heteroatoms. The molecule has 90 valence electrons. The van der Waals surface area contributed by atoms with Crippen molar-refractivity contribution in [2.45, 2.75) is 25.2 Å². The first kappa shape index (κ1) is 11.9. The van der Waals surface area contributed by atoms with E-state index in [-0.39, 0.29) is 0 Å². The maximum Gasteiger partial charge on any atom is 0.103 e. The summed E-state index contributed by atoms with van der Waals surface area (Å²) in [5.41, 5.74) is 6.94. The van der Waals surface area contributed by atoms with E-state index in [0.29, 0.717) is 12.5 Å². The van der Waals surface area contributed by atoms with Gasteiger partial charge in [0.1, 0.15) is 5.76 Å². The van der Waals surface area contributed by atoms with Gasteiger partial charge in [-0.3, -0.25) is 4.98 Å². The summed E-state index contributed by atoms with van der Waals surface area (Å²) < 4.78 is 5.35. The molecule has 1 unspecified atom stereocenters. The Labute approximate surface area is 102 Å². The maximum absolute atomic E-state index is 5.67. The molecule has 17 heavy (non-hydrogen) atoms. The van der Waals surface area contributed by atoms with E-state index in [9.17, 15) is 0 Å². The molecule has 0 aliphatic rings. The number of furan rings is 1. The Balaban J connectivity index is 1.98. The fourth-order valence-electron chi connectivity index (χ4n) is 2.07. The monoisotopic (exact) mass is 230 g/mol. The van der Waals surface area contributed by atoms with E-state index in [1.54, 1.807) is 12.5 Å². The molecule has 2 aromatic rings. The van der Waals surface area contributed by atoms with E-state index in [2.05, 4.69) is 11.1 Å². The third kappa shape index (κ3) is 3.43. The standard InChI is InChI=1S/C14H18N2O/c15-8-7-12(13-3-1-9-16-11-13)5-6-14-4-2-10-17-14/h1-4,9-12H,5-8,15H2. The van der Waals surface area contributed by atoms with Crippen LogP contribution in [-0.2, 0) is 6.42 Å². The minimum absolute atomic E-state index is 0.471. The summed E-state index contributed by atoms with van der Waals surface area (Å²) in [6.45, 7) is 0.706. The van der Waals surface area contributed by atoms with Crippen molar-refractivity contribution in [3.63, 3.8) is 0 Å². The summed E-state index contributed by atoms with van der Waals surface area (Å²) in [6.07, 6.45) is 8.45. The number of hydrogen-bond donors (Lipinski definition) is 1. The number of nitrogens with zero attached hydrogens (tertiary/aromatic N) is 1. The normalized spacial score (nSPS) is 12.5. The van der Waals surface area contributed by atoms with Crippen molar-refractivity contribution in [1.82, 2.24) is 4.98 Å². The van der Waals surface area contributed by atoms with Crippen LogP contribution in [0, 0.1) is 0 Å². The molecule has 0 aliphatic carbocycles. The molecule has 2 aromatic heterocycles. The van der Waals surface area contributed by atoms with Crippen molar-refractivity contribution in [3.05, 3.63) is 54.2 Å². The lowest BCUT2D eigenvalue weighted by molar-refractivity contribution is 0.479. The van der Waals surface area contributed by atoms with E-state index >= 15 is 0 Å². The van der Waals surface area contributed by atoms with Crippen molar-refractivity contribution >= 4 is 0 Å². The molecular formula is C14H18N2O. The summed E-state index contributed by atoms with van der Waals surface area (Å²) in [6, 6.07) is 8.04. The number of rotatable bonds is 6. The Bertz CT molecular complexity index is 411. The zero-order chi connectivity index (χ0) is 11.9. The molecule has 1 atom stereocenters. The minimum atomic E-state index is 0.471. The molecule has 0 aliphatic heterocycles. The first-order chi connectivity index (χ1) is 8.40. The van der Waals surface area contributed by atoms with Crippen molar-refractivity contribution < 1.29 is 4.42 Å². The van der Waals surface area contributed by atoms with E-state index < -0.39 is 0 Å². The quantitative estimate of drug-likeness (QED) is 0.830. The van der Waals surface area contributed by atoms with Crippen LogP contribution in [0.15, 0.2) is 47.3 Å². The van der Waals surface area contributed by atoms with Gasteiger partial charge in [0.15, 0.2) is 0 Å². The fourth-order valence-corrected chi connectivity index (χ4v) is 2.07. The third-order valence-electron chi connectivity index (χ3n) is 2.99. The Morgan fingerprint density at radius 1 is 1.24 bits per heavy atom. The zero-order valence-electron chi connectivity index (χ0n) is 9.88. The molecule has 3 nitrogen and oxygen atoms in total. The second kappa shape index (κ2) is 6.21. The van der Waals surface area contributed by atoms with Crippen molar-refractivity contribution in [2.75, 3.05) is 6.54 Å². The Kier molecular flexibility index (Phi) is 4.33. The van der Waals surface area contributed by atoms with Gasteiger partial charge >= 0.3 is 0 Å². The molecule has 0 saturated carbocycles. The van der Waals surface area contributed by atoms with E-state index in [1.165, 1.54) is 5.56 Å². The van der Waals surface area contributed by atoms with Crippen molar-refractivity contribution in [2.24, 2.45) is 5.73 Å². The predicted octanol–water partition coefficient (Wildman–Crippen LogP) is 2.74. The average molecular weight is 230 g/mol. The lowest BCUT2D eigenvalue weighted by Crippen LogP contribution is -2.08. The maximum atomic E-state index is 5.67. The van der Waals surface area contributed by atoms with Crippen LogP contribution in [0.4, 0.5) is 0 Å². The SMILES string of the molecule is NCCC(CCc1ccco1)c1cccnc1. The van der Waals surface area contributed by atoms with Crippen LogP contribution < -0.4 is 5.73 Å². The van der Waals surface area contributed by atoms with Gasteiger partial charge < -0.3 is 10.2 Å². The van der Waals surface area contributed by atoms with E-state index in [0.717, 1.165) is 25.0 Å². The smallest absolute Gasteiger partial charge is 0.103 e. The highest BCUT2D eigenvalue weighted by Crippen LogP contribution is 2.24. The third-order valence-corrected chi connectivity index (χ3v) is 2.99. The van der Waals surface area contributed by atoms with Gasteiger partial charge in [-0.05, 0) is 49.1 Å². The number of pyridine rings is 1. The highest BCUT2D eigenvalue weighted by Gasteiger charge is 2.11. The summed E-state index contributed by atoms with van der Waals surface area (Å²) >= 11 is 0. The molecular weight excluding hydrogens is 212 g/mol. The summed E-state index contributed by atoms with van der Waals surface area (Å²) in [4.78, 5) is 4.17. The van der Waals surface area contributed by atoms with Crippen LogP contribution in [0.25, 0.3) is 0 Å². The molecule has 0 saturated heterocycles. The van der Waals surface area contributed by atoms with Gasteiger partial charge in [0, 0.05) is 18.8 Å². The first-order valence-electron chi connectivity index (χ1n) is 6.02. The predicted molar refractivity (Wildman–Crippen MR) is 67.7 cm³/mol. The largest absolute Gasteiger partial charge is 0.469 e. The number of aryl methyl sites for hydroxylation is 1. The van der Waals surface area contributed by atoms with Crippen LogP contribution in [-0.4, -0.2) is 11.5 Å². The topological polar surface area (TPSA) is 52.0 Å². The molecule has 2 N–H and O–H groups in total. The molecule has 2 heterocycles. The van der Waals surface area contributed by atoms with Gasteiger partial charge in [0.05, 0.1) is 6.26 Å². The molecule has 0 amide bonds. The second-order valence-electron chi connectivity index (χ2n) is 4.18. The fraction of sp³-hybridized carbons (Fsp3) is 0.357. The van der Waals surface area contributed by atoms with Crippen LogP contribution >= 0.6 is 0 Å². The van der Waals surface area contributed by atoms with Gasteiger partial charge in [0.25, 0.3) is 0 Å². The summed E-state index contributed by atoms with van der Waals surface area (Å²) in [7, 11) is 0. The van der Waals surface area contributed by atoms with Crippen LogP contribution in [0.3, 0.4) is 0 Å². The van der Waals surface area contributed by atoms with E-state index in [1.807, 2.05) is 24.4 Å². The Hall–Kier alpha value is -1.61. The zero-order valence-corrected chi connectivity index (χ0v) is 9.88. The summed E-state index contributed by atoms with van der Waals surface area (Å²) in [5.74, 6) is 1.51. The van der Waals surface area contributed by atoms with Crippen molar-refractivity contribution in [1.29, 1.82) is 0 Å². The van der Waals surface area contributed by atoms with Gasteiger partial charge in [-0.1, -0.05) is 6.07 Å². The lowest BCUT2D eigenvalue weighted by atomic mass is 9.92. The lowest BCUT2D eigenvalue weighted by Gasteiger charge is -2.15. The van der Waals surface area contributed by atoms with Crippen LogP contribution in [0.1, 0.15) is 30.1 Å². The number of nitrogens with two attached hydrogens (primary N) is 1. The number of hydrogen-bond acceptors (Lipinski definition) is 3. The highest BCUT2D eigenvalue weighted by molar-refractivity contribution is 5.15.